The Morgan fingerprint density at radius 2 is 1.90 bits per heavy atom. The highest BCUT2D eigenvalue weighted by Crippen LogP contribution is 2.36. The fraction of sp³-hybridized carbons (Fsp3) is 0.524. The summed E-state index contributed by atoms with van der Waals surface area (Å²) in [6.07, 6.45) is 4.10. The number of anilines is 1. The number of carbonyl (C=O) groups excluding carboxylic acids is 4. The molecule has 8 nitrogen and oxygen atoms in total. The molecule has 30 heavy (non-hydrogen) atoms. The summed E-state index contributed by atoms with van der Waals surface area (Å²) in [5.41, 5.74) is 7.05. The number of nitrogens with zero attached hydrogens (tertiary/aromatic N) is 1. The van der Waals surface area contributed by atoms with Crippen LogP contribution in [0.2, 0.25) is 0 Å². The van der Waals surface area contributed by atoms with Gasteiger partial charge in [0.25, 0.3) is 0 Å². The highest BCUT2D eigenvalue weighted by atomic mass is 35.5. The average molecular weight is 437 g/mol. The minimum absolute atomic E-state index is 0. The lowest BCUT2D eigenvalue weighted by molar-refractivity contribution is -0.137. The Balaban J connectivity index is 0.00000320. The van der Waals surface area contributed by atoms with Gasteiger partial charge in [0.1, 0.15) is 6.04 Å². The molecule has 2 atom stereocenters. The molecule has 0 spiro atoms. The fourth-order valence-electron chi connectivity index (χ4n) is 3.93. The Morgan fingerprint density at radius 3 is 2.63 bits per heavy atom. The maximum atomic E-state index is 12.9. The lowest BCUT2D eigenvalue weighted by atomic mass is 9.88. The minimum Gasteiger partial charge on any atom is -0.344 e. The van der Waals surface area contributed by atoms with Crippen molar-refractivity contribution < 1.29 is 19.2 Å². The number of para-hydroxylation sites is 1. The van der Waals surface area contributed by atoms with E-state index in [0.717, 1.165) is 30.5 Å². The van der Waals surface area contributed by atoms with Crippen LogP contribution in [0.15, 0.2) is 24.3 Å². The minimum atomic E-state index is -0.699. The zero-order chi connectivity index (χ0) is 20.8. The summed E-state index contributed by atoms with van der Waals surface area (Å²) in [5, 5.41) is 5.03. The van der Waals surface area contributed by atoms with E-state index in [1.165, 1.54) is 0 Å². The van der Waals surface area contributed by atoms with Gasteiger partial charge >= 0.3 is 0 Å². The summed E-state index contributed by atoms with van der Waals surface area (Å²) < 4.78 is 0. The molecule has 0 aromatic heterocycles. The van der Waals surface area contributed by atoms with Gasteiger partial charge in [-0.15, -0.1) is 12.4 Å². The lowest BCUT2D eigenvalue weighted by Gasteiger charge is -2.34. The summed E-state index contributed by atoms with van der Waals surface area (Å²) in [4.78, 5) is 50.6. The van der Waals surface area contributed by atoms with E-state index in [9.17, 15) is 19.2 Å². The van der Waals surface area contributed by atoms with Gasteiger partial charge in [0, 0.05) is 25.1 Å². The van der Waals surface area contributed by atoms with Gasteiger partial charge in [0.15, 0.2) is 0 Å². The van der Waals surface area contributed by atoms with Crippen LogP contribution in [0.1, 0.15) is 56.4 Å². The van der Waals surface area contributed by atoms with E-state index >= 15 is 0 Å². The zero-order valence-electron chi connectivity index (χ0n) is 16.9. The van der Waals surface area contributed by atoms with Crippen molar-refractivity contribution in [3.05, 3.63) is 29.8 Å². The number of hydrogen-bond acceptors (Lipinski definition) is 5. The van der Waals surface area contributed by atoms with Gasteiger partial charge in [-0.2, -0.15) is 0 Å². The molecule has 1 aromatic carbocycles. The molecule has 0 saturated carbocycles. The monoisotopic (exact) mass is 436 g/mol. The molecule has 0 aliphatic carbocycles. The maximum Gasteiger partial charge on any atom is 0.249 e. The SMILES string of the molecule is Cl.NCCCCCC(=O)N1CC[C@H](C(=O)N[C@H]2CCC(=O)NC2=O)c2ccccc21. The van der Waals surface area contributed by atoms with Crippen molar-refractivity contribution in [3.8, 4) is 0 Å². The second kappa shape index (κ2) is 11.1. The standard InChI is InChI=1S/C21H28N4O4.ClH/c22-12-5-1-2-8-19(27)25-13-11-15(14-6-3-4-7-17(14)25)20(28)23-16-9-10-18(26)24-21(16)29;/h3-4,6-7,15-16H,1-2,5,8-13,22H2,(H,23,28)(H,24,26,29);1H/t15-,16-;/m0./s1. The van der Waals surface area contributed by atoms with Crippen molar-refractivity contribution in [1.82, 2.24) is 10.6 Å². The van der Waals surface area contributed by atoms with E-state index in [4.69, 9.17) is 5.73 Å². The molecule has 9 heteroatoms. The second-order valence-corrected chi connectivity index (χ2v) is 7.56. The number of nitrogens with one attached hydrogen (secondary N) is 2. The number of carbonyl (C=O) groups is 4. The number of piperidine rings is 1. The smallest absolute Gasteiger partial charge is 0.249 e. The highest BCUT2D eigenvalue weighted by Gasteiger charge is 2.35. The first kappa shape index (κ1) is 23.8. The normalized spacial score (nSPS) is 20.6. The highest BCUT2D eigenvalue weighted by molar-refractivity contribution is 6.02. The summed E-state index contributed by atoms with van der Waals surface area (Å²) >= 11 is 0. The third kappa shape index (κ3) is 5.58. The van der Waals surface area contributed by atoms with Crippen molar-refractivity contribution in [2.45, 2.75) is 56.9 Å². The first-order valence-corrected chi connectivity index (χ1v) is 10.2. The Kier molecular flexibility index (Phi) is 8.80. The Bertz CT molecular complexity index is 801. The maximum absolute atomic E-state index is 12.9. The van der Waals surface area contributed by atoms with Crippen molar-refractivity contribution in [2.75, 3.05) is 18.0 Å². The first-order chi connectivity index (χ1) is 14.0. The molecule has 2 aliphatic rings. The molecular weight excluding hydrogens is 408 g/mol. The van der Waals surface area contributed by atoms with Crippen molar-refractivity contribution in [3.63, 3.8) is 0 Å². The molecule has 3 rings (SSSR count). The van der Waals surface area contributed by atoms with Gasteiger partial charge in [0.05, 0.1) is 5.92 Å². The van der Waals surface area contributed by atoms with Gasteiger partial charge in [0.2, 0.25) is 23.6 Å². The largest absolute Gasteiger partial charge is 0.344 e. The van der Waals surface area contributed by atoms with Crippen molar-refractivity contribution in [1.29, 1.82) is 0 Å². The number of unbranched alkanes of at least 4 members (excludes halogenated alkanes) is 2. The Morgan fingerprint density at radius 1 is 1.13 bits per heavy atom. The summed E-state index contributed by atoms with van der Waals surface area (Å²) in [5.74, 6) is -1.41. The molecule has 0 unspecified atom stereocenters. The first-order valence-electron chi connectivity index (χ1n) is 10.2. The van der Waals surface area contributed by atoms with E-state index in [-0.39, 0.29) is 36.5 Å². The number of amides is 4. The summed E-state index contributed by atoms with van der Waals surface area (Å²) in [6, 6.07) is 6.72. The molecule has 164 valence electrons. The van der Waals surface area contributed by atoms with Crippen LogP contribution in [0.25, 0.3) is 0 Å². The molecule has 4 amide bonds. The molecule has 0 radical (unpaired) electrons. The third-order valence-corrected chi connectivity index (χ3v) is 5.51. The number of nitrogens with two attached hydrogens (primary N) is 1. The van der Waals surface area contributed by atoms with E-state index in [2.05, 4.69) is 10.6 Å². The Labute approximate surface area is 182 Å². The molecular formula is C21H29ClN4O4. The van der Waals surface area contributed by atoms with Crippen LogP contribution in [0, 0.1) is 0 Å². The second-order valence-electron chi connectivity index (χ2n) is 7.56. The average Bonchev–Trinajstić information content (AvgIpc) is 2.72. The number of imide groups is 1. The Hall–Kier alpha value is -2.45. The van der Waals surface area contributed by atoms with Crippen LogP contribution < -0.4 is 21.3 Å². The fourth-order valence-corrected chi connectivity index (χ4v) is 3.93. The molecule has 4 N–H and O–H groups in total. The molecule has 0 bridgehead atoms. The molecule has 1 saturated heterocycles. The number of hydrogen-bond donors (Lipinski definition) is 3. The van der Waals surface area contributed by atoms with E-state index < -0.39 is 17.9 Å². The number of rotatable bonds is 7. The number of benzene rings is 1. The lowest BCUT2D eigenvalue weighted by Crippen LogP contribution is -2.53. The number of halogens is 1. The third-order valence-electron chi connectivity index (χ3n) is 5.51. The zero-order valence-corrected chi connectivity index (χ0v) is 17.7. The topological polar surface area (TPSA) is 122 Å². The van der Waals surface area contributed by atoms with E-state index in [1.54, 1.807) is 4.90 Å². The van der Waals surface area contributed by atoms with Crippen LogP contribution >= 0.6 is 12.4 Å². The van der Waals surface area contributed by atoms with Crippen LogP contribution in [0.3, 0.4) is 0 Å². The predicted molar refractivity (Wildman–Crippen MR) is 115 cm³/mol. The number of fused-ring (bicyclic) bond motifs is 1. The molecule has 1 aromatic rings. The van der Waals surface area contributed by atoms with Gasteiger partial charge in [-0.05, 0) is 43.9 Å². The quantitative estimate of drug-likeness (QED) is 0.440. The van der Waals surface area contributed by atoms with Crippen LogP contribution in [-0.4, -0.2) is 42.8 Å². The molecule has 2 heterocycles. The van der Waals surface area contributed by atoms with Crippen LogP contribution in [-0.2, 0) is 19.2 Å². The van der Waals surface area contributed by atoms with Gasteiger partial charge in [-0.3, -0.25) is 24.5 Å². The van der Waals surface area contributed by atoms with Crippen LogP contribution in [0.5, 0.6) is 0 Å². The predicted octanol–water partition coefficient (Wildman–Crippen LogP) is 1.37. The van der Waals surface area contributed by atoms with E-state index in [0.29, 0.717) is 32.4 Å². The summed E-state index contributed by atoms with van der Waals surface area (Å²) in [7, 11) is 0. The van der Waals surface area contributed by atoms with E-state index in [1.807, 2.05) is 24.3 Å². The molecule has 1 fully saturated rings. The van der Waals surface area contributed by atoms with Crippen molar-refractivity contribution >= 4 is 41.7 Å². The van der Waals surface area contributed by atoms with Crippen LogP contribution in [0.4, 0.5) is 5.69 Å². The van der Waals surface area contributed by atoms with Gasteiger partial charge in [-0.1, -0.05) is 24.6 Å². The van der Waals surface area contributed by atoms with Gasteiger partial charge in [-0.25, -0.2) is 0 Å². The van der Waals surface area contributed by atoms with Gasteiger partial charge < -0.3 is 16.0 Å². The van der Waals surface area contributed by atoms with Crippen molar-refractivity contribution in [2.24, 2.45) is 5.73 Å². The molecule has 2 aliphatic heterocycles. The summed E-state index contributed by atoms with van der Waals surface area (Å²) in [6.45, 7) is 1.09.